The fourth-order valence-electron chi connectivity index (χ4n) is 1.96. The highest BCUT2D eigenvalue weighted by Gasteiger charge is 2.08. The number of nitrogens with zero attached hydrogens (tertiary/aromatic N) is 2. The molecule has 2 aromatic rings. The quantitative estimate of drug-likeness (QED) is 0.851. The Morgan fingerprint density at radius 1 is 1.40 bits per heavy atom. The molecule has 1 aromatic carbocycles. The van der Waals surface area contributed by atoms with E-state index in [-0.39, 0.29) is 5.91 Å². The number of amides is 1. The molecule has 0 aliphatic heterocycles. The van der Waals surface area contributed by atoms with Crippen LogP contribution in [0.1, 0.15) is 17.8 Å². The van der Waals surface area contributed by atoms with Gasteiger partial charge in [0.15, 0.2) is 0 Å². The molecule has 5 nitrogen and oxygen atoms in total. The number of anilines is 2. The normalized spacial score (nSPS) is 10.6. The van der Waals surface area contributed by atoms with Crippen molar-refractivity contribution in [2.75, 3.05) is 11.1 Å². The van der Waals surface area contributed by atoms with E-state index in [1.807, 2.05) is 24.6 Å². The lowest BCUT2D eigenvalue weighted by Gasteiger charge is -2.09. The van der Waals surface area contributed by atoms with Gasteiger partial charge in [-0.3, -0.25) is 9.48 Å². The lowest BCUT2D eigenvalue weighted by Crippen LogP contribution is -2.16. The van der Waals surface area contributed by atoms with E-state index in [1.165, 1.54) is 0 Å². The molecule has 20 heavy (non-hydrogen) atoms. The van der Waals surface area contributed by atoms with Crippen molar-refractivity contribution in [2.24, 2.45) is 0 Å². The molecule has 0 spiro atoms. The summed E-state index contributed by atoms with van der Waals surface area (Å²) in [7, 11) is 0. The Morgan fingerprint density at radius 3 is 2.80 bits per heavy atom. The van der Waals surface area contributed by atoms with Gasteiger partial charge in [0.1, 0.15) is 0 Å². The summed E-state index contributed by atoms with van der Waals surface area (Å²) in [5.41, 5.74) is 8.80. The number of hydrogen-bond donors (Lipinski definition) is 2. The van der Waals surface area contributed by atoms with Crippen molar-refractivity contribution in [3.63, 3.8) is 0 Å². The topological polar surface area (TPSA) is 72.9 Å². The molecule has 6 heteroatoms. The first-order valence-electron chi connectivity index (χ1n) is 6.31. The summed E-state index contributed by atoms with van der Waals surface area (Å²) >= 11 is 5.88. The zero-order chi connectivity index (χ0) is 14.7. The summed E-state index contributed by atoms with van der Waals surface area (Å²) in [4.78, 5) is 11.9. The Labute approximate surface area is 122 Å². The highest BCUT2D eigenvalue weighted by Crippen LogP contribution is 2.23. The predicted molar refractivity (Wildman–Crippen MR) is 80.8 cm³/mol. The molecular weight excluding hydrogens is 276 g/mol. The van der Waals surface area contributed by atoms with Crippen molar-refractivity contribution in [3.8, 4) is 0 Å². The number of rotatable bonds is 4. The molecule has 1 heterocycles. The van der Waals surface area contributed by atoms with E-state index in [2.05, 4.69) is 10.4 Å². The second-order valence-electron chi connectivity index (χ2n) is 4.68. The predicted octanol–water partition coefficient (Wildman–Crippen LogP) is 2.76. The van der Waals surface area contributed by atoms with Gasteiger partial charge in [-0.05, 0) is 38.1 Å². The maximum absolute atomic E-state index is 11.9. The van der Waals surface area contributed by atoms with Crippen LogP contribution >= 0.6 is 11.6 Å². The molecule has 0 unspecified atom stereocenters. The molecule has 0 saturated heterocycles. The van der Waals surface area contributed by atoms with Crippen LogP contribution in [0.5, 0.6) is 0 Å². The molecule has 3 N–H and O–H groups in total. The first-order chi connectivity index (χ1) is 9.45. The summed E-state index contributed by atoms with van der Waals surface area (Å²) in [6, 6.07) is 6.96. The molecule has 1 amide bonds. The minimum atomic E-state index is -0.119. The van der Waals surface area contributed by atoms with Gasteiger partial charge in [0.2, 0.25) is 5.91 Å². The number of carbonyl (C=O) groups excluding carboxylic acids is 1. The van der Waals surface area contributed by atoms with E-state index < -0.39 is 0 Å². The number of halogens is 1. The molecule has 0 atom stereocenters. The molecule has 0 aliphatic rings. The van der Waals surface area contributed by atoms with E-state index in [0.717, 1.165) is 11.4 Å². The molecule has 0 fully saturated rings. The van der Waals surface area contributed by atoms with E-state index in [0.29, 0.717) is 29.4 Å². The summed E-state index contributed by atoms with van der Waals surface area (Å²) in [6.07, 6.45) is 0.327. The van der Waals surface area contributed by atoms with Crippen molar-refractivity contribution in [1.82, 2.24) is 9.78 Å². The lowest BCUT2D eigenvalue weighted by atomic mass is 10.2. The SMILES string of the molecule is Cc1cc(C)n(CCC(=O)Nc2cc(Cl)ccc2N)n1. The number of nitrogen functional groups attached to an aromatic ring is 1. The molecule has 2 rings (SSSR count). The van der Waals surface area contributed by atoms with Gasteiger partial charge in [0.25, 0.3) is 0 Å². The third kappa shape index (κ3) is 3.51. The van der Waals surface area contributed by atoms with Crippen LogP contribution in [0.15, 0.2) is 24.3 Å². The van der Waals surface area contributed by atoms with Crippen LogP contribution in [0.2, 0.25) is 5.02 Å². The zero-order valence-electron chi connectivity index (χ0n) is 11.5. The lowest BCUT2D eigenvalue weighted by molar-refractivity contribution is -0.116. The third-order valence-corrected chi connectivity index (χ3v) is 3.18. The van der Waals surface area contributed by atoms with Gasteiger partial charge >= 0.3 is 0 Å². The summed E-state index contributed by atoms with van der Waals surface area (Å²) in [6.45, 7) is 4.43. The standard InChI is InChI=1S/C14H17ClN4O/c1-9-7-10(2)19(18-9)6-5-14(20)17-13-8-11(15)3-4-12(13)16/h3-4,7-8H,5-6,16H2,1-2H3,(H,17,20). The van der Waals surface area contributed by atoms with Crippen LogP contribution in [-0.4, -0.2) is 15.7 Å². The average Bonchev–Trinajstić information content (AvgIpc) is 2.70. The van der Waals surface area contributed by atoms with Gasteiger partial charge in [0, 0.05) is 23.7 Å². The average molecular weight is 293 g/mol. The highest BCUT2D eigenvalue weighted by molar-refractivity contribution is 6.31. The fourth-order valence-corrected chi connectivity index (χ4v) is 2.13. The summed E-state index contributed by atoms with van der Waals surface area (Å²) in [5.74, 6) is -0.119. The minimum absolute atomic E-state index is 0.119. The minimum Gasteiger partial charge on any atom is -0.397 e. The molecule has 0 saturated carbocycles. The smallest absolute Gasteiger partial charge is 0.226 e. The number of aromatic nitrogens is 2. The van der Waals surface area contributed by atoms with Crippen LogP contribution < -0.4 is 11.1 Å². The number of aryl methyl sites for hydroxylation is 3. The first-order valence-corrected chi connectivity index (χ1v) is 6.69. The Morgan fingerprint density at radius 2 is 2.15 bits per heavy atom. The van der Waals surface area contributed by atoms with Crippen LogP contribution in [0.25, 0.3) is 0 Å². The largest absolute Gasteiger partial charge is 0.397 e. The second-order valence-corrected chi connectivity index (χ2v) is 5.12. The highest BCUT2D eigenvalue weighted by atomic mass is 35.5. The van der Waals surface area contributed by atoms with Gasteiger partial charge in [-0.15, -0.1) is 0 Å². The summed E-state index contributed by atoms with van der Waals surface area (Å²) in [5, 5.41) is 7.61. The van der Waals surface area contributed by atoms with Gasteiger partial charge in [-0.25, -0.2) is 0 Å². The Balaban J connectivity index is 1.96. The van der Waals surface area contributed by atoms with Gasteiger partial charge in [-0.1, -0.05) is 11.6 Å². The van der Waals surface area contributed by atoms with Crippen LogP contribution in [-0.2, 0) is 11.3 Å². The van der Waals surface area contributed by atoms with Crippen molar-refractivity contribution in [3.05, 3.63) is 40.7 Å². The van der Waals surface area contributed by atoms with E-state index in [1.54, 1.807) is 18.2 Å². The maximum atomic E-state index is 11.9. The molecule has 106 valence electrons. The van der Waals surface area contributed by atoms with Crippen molar-refractivity contribution >= 4 is 28.9 Å². The van der Waals surface area contributed by atoms with Crippen molar-refractivity contribution < 1.29 is 4.79 Å². The van der Waals surface area contributed by atoms with Crippen LogP contribution in [0, 0.1) is 13.8 Å². The maximum Gasteiger partial charge on any atom is 0.226 e. The van der Waals surface area contributed by atoms with Gasteiger partial charge in [-0.2, -0.15) is 5.10 Å². The van der Waals surface area contributed by atoms with E-state index >= 15 is 0 Å². The number of nitrogens with two attached hydrogens (primary N) is 1. The molecule has 0 radical (unpaired) electrons. The fraction of sp³-hybridized carbons (Fsp3) is 0.286. The molecule has 0 bridgehead atoms. The van der Waals surface area contributed by atoms with Crippen molar-refractivity contribution in [1.29, 1.82) is 0 Å². The molecule has 0 aliphatic carbocycles. The van der Waals surface area contributed by atoms with Crippen LogP contribution in [0.4, 0.5) is 11.4 Å². The van der Waals surface area contributed by atoms with Crippen LogP contribution in [0.3, 0.4) is 0 Å². The van der Waals surface area contributed by atoms with E-state index in [9.17, 15) is 4.79 Å². The number of carbonyl (C=O) groups is 1. The number of nitrogens with one attached hydrogen (secondary N) is 1. The number of hydrogen-bond acceptors (Lipinski definition) is 3. The Hall–Kier alpha value is -2.01. The molecule has 1 aromatic heterocycles. The van der Waals surface area contributed by atoms with Gasteiger partial charge in [0.05, 0.1) is 17.1 Å². The Kier molecular flexibility index (Phi) is 4.29. The molecular formula is C14H17ClN4O. The monoisotopic (exact) mass is 292 g/mol. The third-order valence-electron chi connectivity index (χ3n) is 2.94. The Bertz CT molecular complexity index is 636. The second kappa shape index (κ2) is 5.96. The number of benzene rings is 1. The summed E-state index contributed by atoms with van der Waals surface area (Å²) < 4.78 is 1.82. The van der Waals surface area contributed by atoms with Gasteiger partial charge < -0.3 is 11.1 Å². The van der Waals surface area contributed by atoms with E-state index in [4.69, 9.17) is 17.3 Å². The zero-order valence-corrected chi connectivity index (χ0v) is 12.2. The van der Waals surface area contributed by atoms with Crippen molar-refractivity contribution in [2.45, 2.75) is 26.8 Å². The first kappa shape index (κ1) is 14.4.